The van der Waals surface area contributed by atoms with Crippen LogP contribution in [0.3, 0.4) is 0 Å². The molecule has 0 radical (unpaired) electrons. The highest BCUT2D eigenvalue weighted by molar-refractivity contribution is 5.91. The number of methoxy groups -OCH3 is 1. The molecule has 5 heteroatoms. The van der Waals surface area contributed by atoms with Crippen LogP contribution in [0.1, 0.15) is 12.5 Å². The fourth-order valence-corrected chi connectivity index (χ4v) is 1.36. The van der Waals surface area contributed by atoms with Crippen molar-refractivity contribution in [3.8, 4) is 5.75 Å². The summed E-state index contributed by atoms with van der Waals surface area (Å²) in [4.78, 5) is 11.4. The van der Waals surface area contributed by atoms with Crippen LogP contribution in [0.5, 0.6) is 5.75 Å². The molecule has 1 aromatic rings. The van der Waals surface area contributed by atoms with Crippen LogP contribution in [0.2, 0.25) is 0 Å². The van der Waals surface area contributed by atoms with Gasteiger partial charge in [-0.1, -0.05) is 13.0 Å². The van der Waals surface area contributed by atoms with Crippen molar-refractivity contribution in [1.82, 2.24) is 5.32 Å². The highest BCUT2D eigenvalue weighted by atomic mass is 19.1. The Bertz CT molecular complexity index is 460. The molecule has 0 spiro atoms. The van der Waals surface area contributed by atoms with Gasteiger partial charge in [0.15, 0.2) is 11.6 Å². The van der Waals surface area contributed by atoms with E-state index in [0.29, 0.717) is 12.1 Å². The van der Waals surface area contributed by atoms with Gasteiger partial charge in [0.1, 0.15) is 0 Å². The van der Waals surface area contributed by atoms with E-state index in [1.165, 1.54) is 31.4 Å². The molecule has 104 valence electrons. The third-order valence-electron chi connectivity index (χ3n) is 2.54. The van der Waals surface area contributed by atoms with Crippen molar-refractivity contribution in [1.29, 1.82) is 0 Å². The maximum atomic E-state index is 13.4. The number of hydrogen-bond donors (Lipinski definition) is 2. The minimum atomic E-state index is -0.473. The Morgan fingerprint density at radius 1 is 1.58 bits per heavy atom. The number of benzene rings is 1. The number of aliphatic hydroxyl groups excluding tert-OH is 1. The van der Waals surface area contributed by atoms with Gasteiger partial charge in [0.25, 0.3) is 0 Å². The summed E-state index contributed by atoms with van der Waals surface area (Å²) >= 11 is 0. The Morgan fingerprint density at radius 2 is 2.32 bits per heavy atom. The summed E-state index contributed by atoms with van der Waals surface area (Å²) in [6.45, 7) is 2.24. The number of rotatable bonds is 6. The molecule has 0 aromatic heterocycles. The monoisotopic (exact) mass is 267 g/mol. The molecule has 0 fully saturated rings. The maximum absolute atomic E-state index is 13.4. The zero-order valence-electron chi connectivity index (χ0n) is 11.0. The molecule has 0 saturated heterocycles. The second kappa shape index (κ2) is 7.53. The van der Waals surface area contributed by atoms with E-state index in [4.69, 9.17) is 9.84 Å². The van der Waals surface area contributed by atoms with Gasteiger partial charge in [0, 0.05) is 19.2 Å². The largest absolute Gasteiger partial charge is 0.494 e. The normalized spacial score (nSPS) is 12.4. The van der Waals surface area contributed by atoms with Gasteiger partial charge in [-0.15, -0.1) is 0 Å². The molecular formula is C14H18FNO3. The number of ether oxygens (including phenoxy) is 1. The van der Waals surface area contributed by atoms with Gasteiger partial charge in [0.05, 0.1) is 7.11 Å². The summed E-state index contributed by atoms with van der Waals surface area (Å²) in [5.41, 5.74) is 0.573. The predicted molar refractivity (Wildman–Crippen MR) is 71.2 cm³/mol. The van der Waals surface area contributed by atoms with Crippen molar-refractivity contribution >= 4 is 12.0 Å². The lowest BCUT2D eigenvalue weighted by molar-refractivity contribution is -0.116. The standard InChI is InChI=1S/C14H18FNO3/c1-10(9-17)8-16-14(18)6-4-11-3-5-13(19-2)12(15)7-11/h3-7,10,17H,8-9H2,1-2H3,(H,16,18). The fraction of sp³-hybridized carbons (Fsp3) is 0.357. The van der Waals surface area contributed by atoms with E-state index in [2.05, 4.69) is 5.32 Å². The van der Waals surface area contributed by atoms with Crippen LogP contribution < -0.4 is 10.1 Å². The van der Waals surface area contributed by atoms with E-state index in [9.17, 15) is 9.18 Å². The van der Waals surface area contributed by atoms with Crippen LogP contribution in [0.25, 0.3) is 6.08 Å². The molecule has 0 aliphatic heterocycles. The SMILES string of the molecule is COc1ccc(C=CC(=O)NCC(C)CO)cc1F. The smallest absolute Gasteiger partial charge is 0.244 e. The average molecular weight is 267 g/mol. The average Bonchev–Trinajstić information content (AvgIpc) is 2.42. The number of carbonyl (C=O) groups is 1. The van der Waals surface area contributed by atoms with Gasteiger partial charge >= 0.3 is 0 Å². The lowest BCUT2D eigenvalue weighted by Gasteiger charge is -2.07. The Labute approximate surface area is 111 Å². The molecule has 2 N–H and O–H groups in total. The van der Waals surface area contributed by atoms with Crippen LogP contribution in [-0.4, -0.2) is 31.3 Å². The maximum Gasteiger partial charge on any atom is 0.244 e. The minimum Gasteiger partial charge on any atom is -0.494 e. The van der Waals surface area contributed by atoms with Crippen molar-refractivity contribution in [3.63, 3.8) is 0 Å². The second-order valence-electron chi connectivity index (χ2n) is 4.26. The van der Waals surface area contributed by atoms with Gasteiger partial charge in [-0.05, 0) is 29.7 Å². The summed E-state index contributed by atoms with van der Waals surface area (Å²) in [6.07, 6.45) is 2.84. The molecule has 19 heavy (non-hydrogen) atoms. The van der Waals surface area contributed by atoms with Crippen molar-refractivity contribution < 1.29 is 19.0 Å². The van der Waals surface area contributed by atoms with Crippen LogP contribution >= 0.6 is 0 Å². The first kappa shape index (κ1) is 15.2. The van der Waals surface area contributed by atoms with E-state index >= 15 is 0 Å². The van der Waals surface area contributed by atoms with Crippen molar-refractivity contribution in [2.75, 3.05) is 20.3 Å². The molecule has 1 amide bonds. The van der Waals surface area contributed by atoms with Gasteiger partial charge in [-0.3, -0.25) is 4.79 Å². The highest BCUT2D eigenvalue weighted by Crippen LogP contribution is 2.18. The Morgan fingerprint density at radius 3 is 2.89 bits per heavy atom. The first-order chi connectivity index (χ1) is 9.06. The number of nitrogens with one attached hydrogen (secondary N) is 1. The zero-order valence-corrected chi connectivity index (χ0v) is 11.0. The predicted octanol–water partition coefficient (Wildman–Crippen LogP) is 1.59. The number of carbonyl (C=O) groups excluding carboxylic acids is 1. The summed E-state index contributed by atoms with van der Waals surface area (Å²) in [5, 5.41) is 11.4. The minimum absolute atomic E-state index is 0.00998. The zero-order chi connectivity index (χ0) is 14.3. The quantitative estimate of drug-likeness (QED) is 0.770. The molecule has 4 nitrogen and oxygen atoms in total. The third-order valence-corrected chi connectivity index (χ3v) is 2.54. The summed E-state index contributed by atoms with van der Waals surface area (Å²) in [5.74, 6) is -0.579. The van der Waals surface area contributed by atoms with Crippen molar-refractivity contribution in [3.05, 3.63) is 35.7 Å². The summed E-state index contributed by atoms with van der Waals surface area (Å²) < 4.78 is 18.2. The van der Waals surface area contributed by atoms with Crippen molar-refractivity contribution in [2.45, 2.75) is 6.92 Å². The Balaban J connectivity index is 2.56. The number of halogens is 1. The fourth-order valence-electron chi connectivity index (χ4n) is 1.36. The molecule has 1 aromatic carbocycles. The first-order valence-electron chi connectivity index (χ1n) is 5.97. The molecule has 0 heterocycles. The first-order valence-corrected chi connectivity index (χ1v) is 5.97. The van der Waals surface area contributed by atoms with E-state index < -0.39 is 5.82 Å². The lowest BCUT2D eigenvalue weighted by atomic mass is 10.2. The Kier molecular flexibility index (Phi) is 6.02. The van der Waals surface area contributed by atoms with Gasteiger partial charge in [-0.25, -0.2) is 4.39 Å². The summed E-state index contributed by atoms with van der Waals surface area (Å²) in [7, 11) is 1.39. The molecule has 1 atom stereocenters. The van der Waals surface area contributed by atoms with Crippen LogP contribution in [0.15, 0.2) is 24.3 Å². The number of aliphatic hydroxyl groups is 1. The number of hydrogen-bond acceptors (Lipinski definition) is 3. The molecule has 0 aliphatic rings. The lowest BCUT2D eigenvalue weighted by Crippen LogP contribution is -2.27. The molecule has 1 unspecified atom stereocenters. The van der Waals surface area contributed by atoms with E-state index in [1.807, 2.05) is 6.92 Å². The van der Waals surface area contributed by atoms with E-state index in [-0.39, 0.29) is 24.2 Å². The van der Waals surface area contributed by atoms with Gasteiger partial charge in [0.2, 0.25) is 5.91 Å². The summed E-state index contributed by atoms with van der Waals surface area (Å²) in [6, 6.07) is 4.45. The molecular weight excluding hydrogens is 249 g/mol. The van der Waals surface area contributed by atoms with Gasteiger partial charge in [-0.2, -0.15) is 0 Å². The second-order valence-corrected chi connectivity index (χ2v) is 4.26. The van der Waals surface area contributed by atoms with E-state index in [0.717, 1.165) is 0 Å². The van der Waals surface area contributed by atoms with Crippen LogP contribution in [-0.2, 0) is 4.79 Å². The highest BCUT2D eigenvalue weighted by Gasteiger charge is 2.03. The molecule has 0 aliphatic carbocycles. The Hall–Kier alpha value is -1.88. The number of amides is 1. The van der Waals surface area contributed by atoms with E-state index in [1.54, 1.807) is 6.07 Å². The van der Waals surface area contributed by atoms with Gasteiger partial charge < -0.3 is 15.2 Å². The van der Waals surface area contributed by atoms with Crippen LogP contribution in [0.4, 0.5) is 4.39 Å². The molecule has 0 saturated carbocycles. The third kappa shape index (κ3) is 5.09. The van der Waals surface area contributed by atoms with Crippen molar-refractivity contribution in [2.24, 2.45) is 5.92 Å². The topological polar surface area (TPSA) is 58.6 Å². The molecule has 0 bridgehead atoms. The molecule has 1 rings (SSSR count). The van der Waals surface area contributed by atoms with Crippen LogP contribution in [0, 0.1) is 11.7 Å².